The van der Waals surface area contributed by atoms with Gasteiger partial charge in [0, 0.05) is 86.2 Å². The fourth-order valence-corrected chi connectivity index (χ4v) is 13.9. The van der Waals surface area contributed by atoms with Crippen molar-refractivity contribution >= 4 is 108 Å². The number of hydrogen-bond acceptors (Lipinski definition) is 4. The molecule has 0 aliphatic heterocycles. The van der Waals surface area contributed by atoms with Crippen LogP contribution in [0.15, 0.2) is 267 Å². The molecule has 17 rings (SSSR count). The standard InChI is InChI=1S/C73H44N6S/c1-3-21-48(22-4-1)78-64-34-14-9-25-51(64)56-29-17-31-59(69(56)78)72-74-71(75-73(76-72)60-32-18-30-57-52-26-10-15-35-65(52)79(70(57)60)49-23-5-2-6-24-49)58-40-38-50(44-61(58)47-37-39-55-54-28-12-16-36-67(54)80-68(55)43-47)77-63-33-13-11-27-53(63)62-41-45-19-7-8-20-46(45)42-66(62)77/h1-44H. The highest BCUT2D eigenvalue weighted by atomic mass is 32.1. The van der Waals surface area contributed by atoms with Gasteiger partial charge in [-0.2, -0.15) is 0 Å². The SMILES string of the molecule is c1ccc(-n2c3ccccc3c3cccc(-c4nc(-c5ccc(-n6c7ccccc7c7cc8ccccc8cc76)cc5-c5ccc6c(c5)sc5ccccc56)nc(-c5cccc6c7ccccc7n(-c7ccccc7)c56)n4)c32)cc1. The van der Waals surface area contributed by atoms with E-state index in [9.17, 15) is 0 Å². The van der Waals surface area contributed by atoms with Crippen molar-refractivity contribution in [3.05, 3.63) is 267 Å². The van der Waals surface area contributed by atoms with Crippen LogP contribution in [0.4, 0.5) is 0 Å². The number of fused-ring (bicyclic) bond motifs is 13. The number of benzene rings is 12. The molecule has 80 heavy (non-hydrogen) atoms. The third-order valence-corrected chi connectivity index (χ3v) is 17.4. The third-order valence-electron chi connectivity index (χ3n) is 16.3. The zero-order chi connectivity index (χ0) is 52.4. The van der Waals surface area contributed by atoms with Gasteiger partial charge >= 0.3 is 0 Å². The van der Waals surface area contributed by atoms with Gasteiger partial charge in [-0.1, -0.05) is 170 Å². The van der Waals surface area contributed by atoms with Gasteiger partial charge in [0.25, 0.3) is 0 Å². The Morgan fingerprint density at radius 3 is 1.34 bits per heavy atom. The average molecular weight is 1040 g/mol. The maximum atomic E-state index is 5.72. The Morgan fingerprint density at radius 2 is 0.725 bits per heavy atom. The molecule has 0 atom stereocenters. The van der Waals surface area contributed by atoms with Crippen molar-refractivity contribution in [3.63, 3.8) is 0 Å². The first-order chi connectivity index (χ1) is 39.7. The Bertz CT molecular complexity index is 5200. The molecule has 0 spiro atoms. The van der Waals surface area contributed by atoms with Crippen molar-refractivity contribution in [2.75, 3.05) is 0 Å². The lowest BCUT2D eigenvalue weighted by Crippen LogP contribution is -2.04. The van der Waals surface area contributed by atoms with E-state index in [1.165, 1.54) is 41.7 Å². The minimum atomic E-state index is 0.579. The summed E-state index contributed by atoms with van der Waals surface area (Å²) in [5, 5.41) is 11.9. The van der Waals surface area contributed by atoms with Crippen LogP contribution >= 0.6 is 11.3 Å². The number of para-hydroxylation sites is 7. The molecule has 5 aromatic heterocycles. The summed E-state index contributed by atoms with van der Waals surface area (Å²) >= 11 is 1.83. The fourth-order valence-electron chi connectivity index (χ4n) is 12.8. The second-order valence-corrected chi connectivity index (χ2v) is 21.8. The summed E-state index contributed by atoms with van der Waals surface area (Å²) in [6, 6.07) is 96.3. The predicted octanol–water partition coefficient (Wildman–Crippen LogP) is 19.4. The van der Waals surface area contributed by atoms with E-state index in [-0.39, 0.29) is 0 Å². The van der Waals surface area contributed by atoms with Gasteiger partial charge in [0.15, 0.2) is 17.5 Å². The first-order valence-electron chi connectivity index (χ1n) is 27.1. The first-order valence-corrected chi connectivity index (χ1v) is 27.9. The molecule has 7 heteroatoms. The van der Waals surface area contributed by atoms with E-state index < -0.39 is 0 Å². The van der Waals surface area contributed by atoms with Crippen LogP contribution in [0.2, 0.25) is 0 Å². The van der Waals surface area contributed by atoms with Crippen LogP contribution in [0.25, 0.3) is 159 Å². The Morgan fingerprint density at radius 1 is 0.250 bits per heavy atom. The van der Waals surface area contributed by atoms with E-state index in [0.717, 1.165) is 99.5 Å². The molecule has 0 saturated carbocycles. The summed E-state index contributed by atoms with van der Waals surface area (Å²) in [6.07, 6.45) is 0. The van der Waals surface area contributed by atoms with E-state index in [2.05, 4.69) is 281 Å². The lowest BCUT2D eigenvalue weighted by Gasteiger charge is -2.17. The molecular formula is C73H44N6S. The van der Waals surface area contributed by atoms with Crippen LogP contribution in [0, 0.1) is 0 Å². The van der Waals surface area contributed by atoms with Gasteiger partial charge in [0.05, 0.1) is 33.1 Å². The quantitative estimate of drug-likeness (QED) is 0.160. The molecule has 0 aliphatic carbocycles. The molecule has 0 radical (unpaired) electrons. The summed E-state index contributed by atoms with van der Waals surface area (Å²) in [4.78, 5) is 17.1. The van der Waals surface area contributed by atoms with E-state index in [4.69, 9.17) is 15.0 Å². The van der Waals surface area contributed by atoms with Gasteiger partial charge in [-0.25, -0.2) is 15.0 Å². The molecule has 12 aromatic carbocycles. The van der Waals surface area contributed by atoms with Gasteiger partial charge in [0.1, 0.15) is 0 Å². The topological polar surface area (TPSA) is 53.5 Å². The van der Waals surface area contributed by atoms with Crippen LogP contribution in [0.1, 0.15) is 0 Å². The van der Waals surface area contributed by atoms with E-state index in [1.807, 2.05) is 11.3 Å². The van der Waals surface area contributed by atoms with Gasteiger partial charge < -0.3 is 13.7 Å². The van der Waals surface area contributed by atoms with Crippen LogP contribution in [0.5, 0.6) is 0 Å². The van der Waals surface area contributed by atoms with Gasteiger partial charge in [-0.3, -0.25) is 0 Å². The number of nitrogens with zero attached hydrogens (tertiary/aromatic N) is 6. The molecule has 0 N–H and O–H groups in total. The highest BCUT2D eigenvalue weighted by Crippen LogP contribution is 2.45. The summed E-state index contributed by atoms with van der Waals surface area (Å²) in [6.45, 7) is 0. The van der Waals surface area contributed by atoms with Crippen molar-refractivity contribution in [2.45, 2.75) is 0 Å². The minimum absolute atomic E-state index is 0.579. The van der Waals surface area contributed by atoms with Crippen molar-refractivity contribution < 1.29 is 0 Å². The maximum absolute atomic E-state index is 5.72. The summed E-state index contributed by atoms with van der Waals surface area (Å²) in [7, 11) is 0. The Balaban J connectivity index is 0.985. The Kier molecular flexibility index (Phi) is 9.78. The fraction of sp³-hybridized carbons (Fsp3) is 0. The van der Waals surface area contributed by atoms with E-state index >= 15 is 0 Å². The number of hydrogen-bond donors (Lipinski definition) is 0. The minimum Gasteiger partial charge on any atom is -0.309 e. The smallest absolute Gasteiger partial charge is 0.166 e. The van der Waals surface area contributed by atoms with Crippen LogP contribution in [-0.2, 0) is 0 Å². The summed E-state index contributed by atoms with van der Waals surface area (Å²) < 4.78 is 9.65. The normalized spacial score (nSPS) is 12.0. The third kappa shape index (κ3) is 6.74. The number of aromatic nitrogens is 6. The molecule has 0 unspecified atom stereocenters. The number of thiophene rings is 1. The largest absolute Gasteiger partial charge is 0.309 e. The molecule has 17 aromatic rings. The van der Waals surface area contributed by atoms with E-state index in [0.29, 0.717) is 17.5 Å². The Hall–Kier alpha value is -10.5. The van der Waals surface area contributed by atoms with Crippen molar-refractivity contribution in [1.82, 2.24) is 28.7 Å². The maximum Gasteiger partial charge on any atom is 0.166 e. The zero-order valence-electron chi connectivity index (χ0n) is 43.0. The second kappa shape index (κ2) is 17.5. The number of rotatable bonds is 7. The molecule has 6 nitrogen and oxygen atoms in total. The molecular weight excluding hydrogens is 993 g/mol. The van der Waals surface area contributed by atoms with Gasteiger partial charge in [-0.05, 0) is 119 Å². The van der Waals surface area contributed by atoms with Crippen molar-refractivity contribution in [2.24, 2.45) is 0 Å². The highest BCUT2D eigenvalue weighted by Gasteiger charge is 2.25. The molecule has 0 amide bonds. The van der Waals surface area contributed by atoms with Gasteiger partial charge in [-0.15, -0.1) is 11.3 Å². The van der Waals surface area contributed by atoms with Crippen molar-refractivity contribution in [1.29, 1.82) is 0 Å². The van der Waals surface area contributed by atoms with Crippen LogP contribution < -0.4 is 0 Å². The first kappa shape index (κ1) is 44.6. The van der Waals surface area contributed by atoms with Crippen LogP contribution in [-0.4, -0.2) is 28.7 Å². The molecule has 372 valence electrons. The zero-order valence-corrected chi connectivity index (χ0v) is 43.8. The second-order valence-electron chi connectivity index (χ2n) is 20.7. The molecule has 0 fully saturated rings. The highest BCUT2D eigenvalue weighted by molar-refractivity contribution is 7.25. The summed E-state index contributed by atoms with van der Waals surface area (Å²) in [5.74, 6) is 1.74. The monoisotopic (exact) mass is 1040 g/mol. The molecule has 0 bridgehead atoms. The van der Waals surface area contributed by atoms with E-state index in [1.54, 1.807) is 0 Å². The molecule has 0 aliphatic rings. The Labute approximate surface area is 463 Å². The van der Waals surface area contributed by atoms with Crippen molar-refractivity contribution in [3.8, 4) is 62.4 Å². The molecule has 0 saturated heterocycles. The lowest BCUT2D eigenvalue weighted by molar-refractivity contribution is 1.07. The van der Waals surface area contributed by atoms with Gasteiger partial charge in [0.2, 0.25) is 0 Å². The van der Waals surface area contributed by atoms with Crippen LogP contribution in [0.3, 0.4) is 0 Å². The average Bonchev–Trinajstić information content (AvgIpc) is 4.30. The predicted molar refractivity (Wildman–Crippen MR) is 335 cm³/mol. The lowest BCUT2D eigenvalue weighted by atomic mass is 9.97. The molecule has 5 heterocycles. The summed E-state index contributed by atoms with van der Waals surface area (Å²) in [5.41, 5.74) is 14.6.